The van der Waals surface area contributed by atoms with Crippen molar-refractivity contribution in [3.8, 4) is 0 Å². The van der Waals surface area contributed by atoms with Crippen LogP contribution in [0.5, 0.6) is 0 Å². The molecule has 19 heavy (non-hydrogen) atoms. The number of hydrogen-bond donors (Lipinski definition) is 1. The lowest BCUT2D eigenvalue weighted by atomic mass is 9.91. The van der Waals surface area contributed by atoms with Crippen LogP contribution in [-0.2, 0) is 10.3 Å². The Morgan fingerprint density at radius 2 is 2.00 bits per heavy atom. The molecule has 2 rings (SSSR count). The van der Waals surface area contributed by atoms with Crippen LogP contribution < -0.4 is 5.73 Å². The average Bonchev–Trinajstić information content (AvgIpc) is 2.67. The zero-order chi connectivity index (χ0) is 13.9. The van der Waals surface area contributed by atoms with Crippen molar-refractivity contribution in [1.29, 1.82) is 0 Å². The lowest BCUT2D eigenvalue weighted by Gasteiger charge is -2.31. The predicted octanol–water partition coefficient (Wildman–Crippen LogP) is 2.59. The quantitative estimate of drug-likeness (QED) is 0.898. The monoisotopic (exact) mass is 342 g/mol. The van der Waals surface area contributed by atoms with Gasteiger partial charge in [-0.25, -0.2) is 0 Å². The van der Waals surface area contributed by atoms with E-state index < -0.39 is 5.54 Å². The Kier molecular flexibility index (Phi) is 4.92. The Balaban J connectivity index is 2.17. The van der Waals surface area contributed by atoms with Crippen LogP contribution in [0.4, 0.5) is 0 Å². The number of thioether (sulfide) groups is 1. The van der Waals surface area contributed by atoms with Crippen molar-refractivity contribution in [2.45, 2.75) is 18.9 Å². The molecule has 1 aliphatic rings. The van der Waals surface area contributed by atoms with Crippen LogP contribution >= 0.6 is 27.7 Å². The minimum atomic E-state index is -0.949. The van der Waals surface area contributed by atoms with Gasteiger partial charge < -0.3 is 10.6 Å². The highest BCUT2D eigenvalue weighted by Crippen LogP contribution is 2.24. The van der Waals surface area contributed by atoms with E-state index in [1.807, 2.05) is 40.9 Å². The van der Waals surface area contributed by atoms with Crippen LogP contribution in [-0.4, -0.2) is 35.4 Å². The van der Waals surface area contributed by atoms with Gasteiger partial charge in [0.25, 0.3) is 0 Å². The lowest BCUT2D eigenvalue weighted by molar-refractivity contribution is -0.136. The van der Waals surface area contributed by atoms with Crippen LogP contribution in [0, 0.1) is 0 Å². The Morgan fingerprint density at radius 1 is 1.32 bits per heavy atom. The van der Waals surface area contributed by atoms with Gasteiger partial charge in [-0.15, -0.1) is 0 Å². The van der Waals surface area contributed by atoms with Crippen molar-refractivity contribution in [2.75, 3.05) is 24.6 Å². The molecular weight excluding hydrogens is 324 g/mol. The highest BCUT2D eigenvalue weighted by Gasteiger charge is 2.34. The van der Waals surface area contributed by atoms with Gasteiger partial charge in [-0.05, 0) is 36.8 Å². The standard InChI is InChI=1S/C14H19BrN2OS/c1-14(16,11-3-5-12(15)6-4-11)13(18)17-7-2-9-19-10-8-17/h3-6H,2,7-10,16H2,1H3. The van der Waals surface area contributed by atoms with Crippen LogP contribution in [0.1, 0.15) is 18.9 Å². The van der Waals surface area contributed by atoms with E-state index in [4.69, 9.17) is 5.73 Å². The van der Waals surface area contributed by atoms with Crippen LogP contribution in [0.2, 0.25) is 0 Å². The second-order valence-corrected chi connectivity index (χ2v) is 7.11. The first kappa shape index (κ1) is 14.9. The Hall–Kier alpha value is -0.520. The average molecular weight is 343 g/mol. The van der Waals surface area contributed by atoms with E-state index in [0.717, 1.165) is 41.1 Å². The molecule has 1 saturated heterocycles. The minimum absolute atomic E-state index is 0.0253. The van der Waals surface area contributed by atoms with Gasteiger partial charge in [0, 0.05) is 23.3 Å². The number of nitrogens with two attached hydrogens (primary N) is 1. The minimum Gasteiger partial charge on any atom is -0.340 e. The highest BCUT2D eigenvalue weighted by molar-refractivity contribution is 9.10. The molecule has 104 valence electrons. The Bertz CT molecular complexity index is 439. The smallest absolute Gasteiger partial charge is 0.247 e. The van der Waals surface area contributed by atoms with Crippen molar-refractivity contribution < 1.29 is 4.79 Å². The number of benzene rings is 1. The molecule has 1 aromatic rings. The zero-order valence-corrected chi connectivity index (χ0v) is 13.5. The summed E-state index contributed by atoms with van der Waals surface area (Å²) in [5.74, 6) is 2.16. The fraction of sp³-hybridized carbons (Fsp3) is 0.500. The van der Waals surface area contributed by atoms with Crippen LogP contribution in [0.15, 0.2) is 28.7 Å². The van der Waals surface area contributed by atoms with Crippen molar-refractivity contribution >= 4 is 33.6 Å². The number of carbonyl (C=O) groups is 1. The molecule has 0 bridgehead atoms. The molecule has 1 unspecified atom stereocenters. The summed E-state index contributed by atoms with van der Waals surface area (Å²) in [7, 11) is 0. The summed E-state index contributed by atoms with van der Waals surface area (Å²) in [5, 5.41) is 0. The number of halogens is 1. The van der Waals surface area contributed by atoms with Crippen molar-refractivity contribution in [3.63, 3.8) is 0 Å². The van der Waals surface area contributed by atoms with Gasteiger partial charge >= 0.3 is 0 Å². The van der Waals surface area contributed by atoms with Gasteiger partial charge in [-0.3, -0.25) is 4.79 Å². The number of carbonyl (C=O) groups excluding carboxylic acids is 1. The van der Waals surface area contributed by atoms with Gasteiger partial charge in [0.05, 0.1) is 0 Å². The summed E-state index contributed by atoms with van der Waals surface area (Å²) in [4.78, 5) is 14.5. The van der Waals surface area contributed by atoms with Gasteiger partial charge in [-0.2, -0.15) is 11.8 Å². The van der Waals surface area contributed by atoms with E-state index in [-0.39, 0.29) is 5.91 Å². The number of nitrogens with zero attached hydrogens (tertiary/aromatic N) is 1. The first-order chi connectivity index (χ1) is 9.01. The molecule has 1 heterocycles. The highest BCUT2D eigenvalue weighted by atomic mass is 79.9. The van der Waals surface area contributed by atoms with Gasteiger partial charge in [0.2, 0.25) is 5.91 Å². The summed E-state index contributed by atoms with van der Waals surface area (Å²) in [6.07, 6.45) is 1.05. The maximum atomic E-state index is 12.6. The Morgan fingerprint density at radius 3 is 2.68 bits per heavy atom. The zero-order valence-electron chi connectivity index (χ0n) is 11.1. The van der Waals surface area contributed by atoms with E-state index in [9.17, 15) is 4.79 Å². The van der Waals surface area contributed by atoms with Gasteiger partial charge in [0.1, 0.15) is 5.54 Å². The summed E-state index contributed by atoms with van der Waals surface area (Å²) in [5.41, 5.74) is 6.21. The second-order valence-electron chi connectivity index (χ2n) is 4.97. The summed E-state index contributed by atoms with van der Waals surface area (Å²) in [6, 6.07) is 7.67. The number of hydrogen-bond acceptors (Lipinski definition) is 3. The van der Waals surface area contributed by atoms with E-state index in [1.165, 1.54) is 0 Å². The first-order valence-electron chi connectivity index (χ1n) is 6.44. The van der Waals surface area contributed by atoms with Crippen molar-refractivity contribution in [1.82, 2.24) is 4.90 Å². The molecule has 5 heteroatoms. The molecule has 0 radical (unpaired) electrons. The predicted molar refractivity (Wildman–Crippen MR) is 84.2 cm³/mol. The molecule has 1 amide bonds. The van der Waals surface area contributed by atoms with Gasteiger partial charge in [-0.1, -0.05) is 28.1 Å². The molecular formula is C14H19BrN2OS. The largest absolute Gasteiger partial charge is 0.340 e. The molecule has 1 atom stereocenters. The third kappa shape index (κ3) is 3.52. The third-order valence-corrected chi connectivity index (χ3v) is 4.97. The topological polar surface area (TPSA) is 46.3 Å². The van der Waals surface area contributed by atoms with Crippen LogP contribution in [0.25, 0.3) is 0 Å². The molecule has 0 saturated carbocycles. The molecule has 0 aromatic heterocycles. The summed E-state index contributed by atoms with van der Waals surface area (Å²) < 4.78 is 0.991. The molecule has 1 fully saturated rings. The maximum Gasteiger partial charge on any atom is 0.247 e. The third-order valence-electron chi connectivity index (χ3n) is 3.40. The maximum absolute atomic E-state index is 12.6. The van der Waals surface area contributed by atoms with Crippen LogP contribution in [0.3, 0.4) is 0 Å². The molecule has 2 N–H and O–H groups in total. The second kappa shape index (κ2) is 6.29. The fourth-order valence-corrected chi connectivity index (χ4v) is 3.35. The molecule has 1 aromatic carbocycles. The van der Waals surface area contributed by atoms with Crippen molar-refractivity contribution in [2.24, 2.45) is 5.73 Å². The van der Waals surface area contributed by atoms with E-state index in [2.05, 4.69) is 15.9 Å². The normalized spacial score (nSPS) is 19.6. The molecule has 0 aliphatic carbocycles. The van der Waals surface area contributed by atoms with Crippen molar-refractivity contribution in [3.05, 3.63) is 34.3 Å². The molecule has 0 spiro atoms. The SMILES string of the molecule is CC(N)(C(=O)N1CCCSCC1)c1ccc(Br)cc1. The summed E-state index contributed by atoms with van der Waals surface area (Å²) >= 11 is 5.30. The Labute approximate surface area is 127 Å². The number of amides is 1. The summed E-state index contributed by atoms with van der Waals surface area (Å²) in [6.45, 7) is 3.42. The van der Waals surface area contributed by atoms with Gasteiger partial charge in [0.15, 0.2) is 0 Å². The fourth-order valence-electron chi connectivity index (χ4n) is 2.20. The number of rotatable bonds is 2. The first-order valence-corrected chi connectivity index (χ1v) is 8.38. The van der Waals surface area contributed by atoms with E-state index in [1.54, 1.807) is 6.92 Å². The lowest BCUT2D eigenvalue weighted by Crippen LogP contribution is -2.51. The molecule has 1 aliphatic heterocycles. The van der Waals surface area contributed by atoms with E-state index in [0.29, 0.717) is 0 Å². The van der Waals surface area contributed by atoms with E-state index >= 15 is 0 Å². The molecule has 3 nitrogen and oxygen atoms in total.